The molecule has 6 nitrogen and oxygen atoms in total. The molecule has 168 valence electrons. The van der Waals surface area contributed by atoms with Gasteiger partial charge in [-0.15, -0.1) is 0 Å². The molecule has 0 N–H and O–H groups in total. The molecule has 0 amide bonds. The van der Waals surface area contributed by atoms with Gasteiger partial charge in [-0.05, 0) is 35.9 Å². The molecular weight excluding hydrogens is 412 g/mol. The molecule has 0 spiro atoms. The molecule has 0 aliphatic rings. The number of imidazole rings is 1. The Morgan fingerprint density at radius 3 is 2.21 bits per heavy atom. The van der Waals surface area contributed by atoms with Gasteiger partial charge in [0.25, 0.3) is 0 Å². The van der Waals surface area contributed by atoms with E-state index in [-0.39, 0.29) is 23.4 Å². The Balaban J connectivity index is 1.82. The molecule has 0 aliphatic heterocycles. The number of Topliss-reactive ketones (excluding diaryl/α,β-unsaturated/α-hetero) is 2. The van der Waals surface area contributed by atoms with Crippen LogP contribution < -0.4 is 0 Å². The Morgan fingerprint density at radius 1 is 0.848 bits per heavy atom. The maximum absolute atomic E-state index is 12.9. The van der Waals surface area contributed by atoms with Crippen LogP contribution in [0.3, 0.4) is 0 Å². The van der Waals surface area contributed by atoms with E-state index in [9.17, 15) is 9.59 Å². The first kappa shape index (κ1) is 22.4. The van der Waals surface area contributed by atoms with E-state index in [4.69, 9.17) is 0 Å². The van der Waals surface area contributed by atoms with Crippen molar-refractivity contribution in [3.05, 3.63) is 78.5 Å². The standard InChI is InChI=1S/C27H28N4O2/c1-17(2)26(32)21-11-19(10-20(12-21)25-14-28-16-30(25)5)22-13-29-31(15-22)24-9-7-6-8-23(24)27(33)18(3)4/h6-18H,1-5H3. The summed E-state index contributed by atoms with van der Waals surface area (Å²) in [6.07, 6.45) is 7.20. The Bertz CT molecular complexity index is 1330. The first-order valence-electron chi connectivity index (χ1n) is 11.1. The number of benzene rings is 2. The molecule has 0 saturated carbocycles. The maximum atomic E-state index is 12.9. The van der Waals surface area contributed by atoms with Crippen molar-refractivity contribution in [1.29, 1.82) is 0 Å². The molecule has 0 radical (unpaired) electrons. The van der Waals surface area contributed by atoms with E-state index < -0.39 is 0 Å². The van der Waals surface area contributed by atoms with E-state index in [1.165, 1.54) is 0 Å². The van der Waals surface area contributed by atoms with Crippen LogP contribution in [0.4, 0.5) is 0 Å². The number of hydrogen-bond acceptors (Lipinski definition) is 4. The minimum Gasteiger partial charge on any atom is -0.334 e. The lowest BCUT2D eigenvalue weighted by Crippen LogP contribution is -2.11. The first-order valence-corrected chi connectivity index (χ1v) is 11.1. The molecule has 4 rings (SSSR count). The molecular formula is C27H28N4O2. The zero-order valence-corrected chi connectivity index (χ0v) is 19.6. The summed E-state index contributed by atoms with van der Waals surface area (Å²) in [5.41, 5.74) is 5.63. The number of aromatic nitrogens is 4. The minimum atomic E-state index is -0.115. The predicted molar refractivity (Wildman–Crippen MR) is 130 cm³/mol. The molecule has 0 unspecified atom stereocenters. The molecule has 0 bridgehead atoms. The van der Waals surface area contributed by atoms with Gasteiger partial charge in [0.15, 0.2) is 11.6 Å². The minimum absolute atomic E-state index is 0.0747. The summed E-state index contributed by atoms with van der Waals surface area (Å²) in [5, 5.41) is 4.55. The lowest BCUT2D eigenvalue weighted by molar-refractivity contribution is 0.0932. The fraction of sp³-hybridized carbons (Fsp3) is 0.259. The van der Waals surface area contributed by atoms with Crippen molar-refractivity contribution in [3.63, 3.8) is 0 Å². The summed E-state index contributed by atoms with van der Waals surface area (Å²) in [4.78, 5) is 29.8. The van der Waals surface area contributed by atoms with Crippen LogP contribution in [0.1, 0.15) is 48.4 Å². The molecule has 0 fully saturated rings. The lowest BCUT2D eigenvalue weighted by Gasteiger charge is -2.11. The highest BCUT2D eigenvalue weighted by Gasteiger charge is 2.18. The van der Waals surface area contributed by atoms with Crippen LogP contribution in [0.2, 0.25) is 0 Å². The van der Waals surface area contributed by atoms with E-state index in [1.807, 2.05) is 88.0 Å². The van der Waals surface area contributed by atoms with E-state index in [0.717, 1.165) is 28.1 Å². The van der Waals surface area contributed by atoms with Crippen molar-refractivity contribution in [2.45, 2.75) is 27.7 Å². The second-order valence-corrected chi connectivity index (χ2v) is 8.92. The quantitative estimate of drug-likeness (QED) is 0.350. The molecule has 0 aliphatic carbocycles. The number of ketones is 2. The second-order valence-electron chi connectivity index (χ2n) is 8.92. The molecule has 6 heteroatoms. The van der Waals surface area contributed by atoms with Crippen molar-refractivity contribution in [3.8, 4) is 28.1 Å². The van der Waals surface area contributed by atoms with Crippen molar-refractivity contribution in [1.82, 2.24) is 19.3 Å². The van der Waals surface area contributed by atoms with Crippen LogP contribution >= 0.6 is 0 Å². The molecule has 2 aromatic heterocycles. The van der Waals surface area contributed by atoms with Gasteiger partial charge < -0.3 is 4.57 Å². The van der Waals surface area contributed by atoms with Gasteiger partial charge in [-0.1, -0.05) is 39.8 Å². The Kier molecular flexibility index (Phi) is 6.09. The number of aryl methyl sites for hydroxylation is 1. The summed E-state index contributed by atoms with van der Waals surface area (Å²) >= 11 is 0. The third kappa shape index (κ3) is 4.42. The van der Waals surface area contributed by atoms with Gasteiger partial charge in [0.1, 0.15) is 0 Å². The van der Waals surface area contributed by atoms with E-state index >= 15 is 0 Å². The average Bonchev–Trinajstić information content (AvgIpc) is 3.47. The summed E-state index contributed by atoms with van der Waals surface area (Å²) in [6, 6.07) is 13.4. The van der Waals surface area contributed by atoms with Crippen molar-refractivity contribution >= 4 is 11.6 Å². The third-order valence-electron chi connectivity index (χ3n) is 5.71. The van der Waals surface area contributed by atoms with Gasteiger partial charge in [0.05, 0.1) is 30.1 Å². The summed E-state index contributed by atoms with van der Waals surface area (Å²) in [6.45, 7) is 7.59. The number of carbonyl (C=O) groups excluding carboxylic acids is 2. The fourth-order valence-corrected chi connectivity index (χ4v) is 3.85. The number of nitrogens with zero attached hydrogens (tertiary/aromatic N) is 4. The molecule has 0 atom stereocenters. The van der Waals surface area contributed by atoms with E-state index in [2.05, 4.69) is 10.1 Å². The number of rotatable bonds is 7. The summed E-state index contributed by atoms with van der Waals surface area (Å²) < 4.78 is 3.66. The lowest BCUT2D eigenvalue weighted by atomic mass is 9.94. The van der Waals surface area contributed by atoms with Crippen LogP contribution in [-0.4, -0.2) is 30.9 Å². The molecule has 0 saturated heterocycles. The van der Waals surface area contributed by atoms with Crippen LogP contribution in [0.15, 0.2) is 67.4 Å². The largest absolute Gasteiger partial charge is 0.334 e. The van der Waals surface area contributed by atoms with Gasteiger partial charge in [-0.3, -0.25) is 9.59 Å². The number of hydrogen-bond donors (Lipinski definition) is 0. The van der Waals surface area contributed by atoms with Crippen molar-refractivity contribution in [2.75, 3.05) is 0 Å². The Morgan fingerprint density at radius 2 is 1.55 bits per heavy atom. The maximum Gasteiger partial charge on any atom is 0.167 e. The first-order chi connectivity index (χ1) is 15.8. The van der Waals surface area contributed by atoms with Crippen molar-refractivity contribution < 1.29 is 9.59 Å². The van der Waals surface area contributed by atoms with Gasteiger partial charge in [-0.2, -0.15) is 5.10 Å². The average molecular weight is 441 g/mol. The fourth-order valence-electron chi connectivity index (χ4n) is 3.85. The third-order valence-corrected chi connectivity index (χ3v) is 5.71. The van der Waals surface area contributed by atoms with Gasteiger partial charge >= 0.3 is 0 Å². The van der Waals surface area contributed by atoms with Crippen LogP contribution in [0, 0.1) is 11.8 Å². The Hall–Kier alpha value is -3.80. The van der Waals surface area contributed by atoms with Crippen molar-refractivity contribution in [2.24, 2.45) is 18.9 Å². The van der Waals surface area contributed by atoms with E-state index in [0.29, 0.717) is 11.1 Å². The summed E-state index contributed by atoms with van der Waals surface area (Å²) in [5.74, 6) is -0.0659. The molecule has 2 heterocycles. The van der Waals surface area contributed by atoms with Crippen LogP contribution in [-0.2, 0) is 7.05 Å². The summed E-state index contributed by atoms with van der Waals surface area (Å²) in [7, 11) is 1.93. The zero-order chi connectivity index (χ0) is 23.7. The van der Waals surface area contributed by atoms with Gasteiger partial charge in [0.2, 0.25) is 0 Å². The highest BCUT2D eigenvalue weighted by Crippen LogP contribution is 2.30. The highest BCUT2D eigenvalue weighted by molar-refractivity contribution is 6.01. The highest BCUT2D eigenvalue weighted by atomic mass is 16.1. The predicted octanol–water partition coefficient (Wildman–Crippen LogP) is 5.62. The van der Waals surface area contributed by atoms with Crippen LogP contribution in [0.5, 0.6) is 0 Å². The van der Waals surface area contributed by atoms with E-state index in [1.54, 1.807) is 23.4 Å². The zero-order valence-electron chi connectivity index (χ0n) is 19.6. The molecule has 2 aromatic carbocycles. The normalized spacial score (nSPS) is 11.4. The Labute approximate surface area is 193 Å². The second kappa shape index (κ2) is 8.98. The molecule has 4 aromatic rings. The van der Waals surface area contributed by atoms with Crippen LogP contribution in [0.25, 0.3) is 28.1 Å². The monoisotopic (exact) mass is 440 g/mol. The smallest absolute Gasteiger partial charge is 0.167 e. The topological polar surface area (TPSA) is 69.8 Å². The molecule has 33 heavy (non-hydrogen) atoms. The van der Waals surface area contributed by atoms with Gasteiger partial charge in [-0.25, -0.2) is 9.67 Å². The number of carbonyl (C=O) groups is 2. The number of para-hydroxylation sites is 1. The van der Waals surface area contributed by atoms with Gasteiger partial charge in [0, 0.05) is 47.3 Å². The SMILES string of the molecule is CC(C)C(=O)c1cc(-c2cnn(-c3ccccc3C(=O)C(C)C)c2)cc(-c2cncn2C)c1.